The zero-order valence-electron chi connectivity index (χ0n) is 16.5. The maximum Gasteiger partial charge on any atom is 0.449 e. The van der Waals surface area contributed by atoms with E-state index in [2.05, 4.69) is 16.7 Å². The summed E-state index contributed by atoms with van der Waals surface area (Å²) in [7, 11) is -7.88. The van der Waals surface area contributed by atoms with Gasteiger partial charge in [0.2, 0.25) is 0 Å². The van der Waals surface area contributed by atoms with E-state index in [4.69, 9.17) is 19.9 Å². The largest absolute Gasteiger partial charge is 0.449 e. The molecule has 0 aliphatic rings. The second kappa shape index (κ2) is 14.3. The first kappa shape index (κ1) is 28.3. The van der Waals surface area contributed by atoms with Crippen molar-refractivity contribution in [3.8, 4) is 11.5 Å². The summed E-state index contributed by atoms with van der Waals surface area (Å²) in [6, 6.07) is 12.0. The molecule has 12 nitrogen and oxygen atoms in total. The highest BCUT2D eigenvalue weighted by molar-refractivity contribution is 7.82. The molecule has 15 heteroatoms. The quantitative estimate of drug-likeness (QED) is 0.495. The topological polar surface area (TPSA) is 191 Å². The number of nitrogen functional groups attached to an aromatic ring is 2. The Hall–Kier alpha value is -2.72. The Labute approximate surface area is 184 Å². The summed E-state index contributed by atoms with van der Waals surface area (Å²) in [4.78, 5) is 0. The van der Waals surface area contributed by atoms with Crippen molar-refractivity contribution in [2.75, 3.05) is 24.7 Å². The van der Waals surface area contributed by atoms with Crippen LogP contribution in [0.5, 0.6) is 11.5 Å². The predicted octanol–water partition coefficient (Wildman–Crippen LogP) is 1.19. The van der Waals surface area contributed by atoms with Gasteiger partial charge in [-0.25, -0.2) is 8.37 Å². The molecular weight excluding hydrogens is 476 g/mol. The fourth-order valence-corrected chi connectivity index (χ4v) is 2.99. The van der Waals surface area contributed by atoms with Gasteiger partial charge >= 0.3 is 32.4 Å². The Morgan fingerprint density at radius 2 is 0.935 bits per heavy atom. The van der Waals surface area contributed by atoms with Gasteiger partial charge in [-0.15, -0.1) is 0 Å². The molecule has 2 aromatic rings. The molecular formula is C16H22N2O10S3. The van der Waals surface area contributed by atoms with Gasteiger partial charge in [-0.1, -0.05) is 0 Å². The second-order valence-corrected chi connectivity index (χ2v) is 7.58. The summed E-state index contributed by atoms with van der Waals surface area (Å²) in [6.45, 7) is 3.20. The first-order valence-corrected chi connectivity index (χ1v) is 11.6. The Kier molecular flexibility index (Phi) is 13.1. The summed E-state index contributed by atoms with van der Waals surface area (Å²) in [5, 5.41) is 0. The van der Waals surface area contributed by atoms with E-state index in [-0.39, 0.29) is 24.7 Å². The minimum absolute atomic E-state index is 0.0390. The highest BCUT2D eigenvalue weighted by Crippen LogP contribution is 2.16. The average molecular weight is 499 g/mol. The number of rotatable bonds is 8. The van der Waals surface area contributed by atoms with Gasteiger partial charge in [-0.05, 0) is 62.4 Å². The summed E-state index contributed by atoms with van der Waals surface area (Å²) in [5.74, 6) is 0.348. The number of hydrogen-bond acceptors (Lipinski definition) is 12. The SMILES string of the molecule is CCOS(=O)(=O)Oc1ccc(N)cc1.CCOS(=O)(=O)Oc1ccc(N)cc1.O=S=O. The highest BCUT2D eigenvalue weighted by Gasteiger charge is 2.12. The molecule has 2 aromatic carbocycles. The van der Waals surface area contributed by atoms with Crippen molar-refractivity contribution < 1.29 is 42.0 Å². The van der Waals surface area contributed by atoms with Crippen LogP contribution in [0.25, 0.3) is 0 Å². The number of benzene rings is 2. The Balaban J connectivity index is 0.000000516. The van der Waals surface area contributed by atoms with Crippen LogP contribution in [-0.2, 0) is 40.7 Å². The zero-order valence-corrected chi connectivity index (χ0v) is 18.9. The predicted molar refractivity (Wildman–Crippen MR) is 113 cm³/mol. The molecule has 0 aromatic heterocycles. The third kappa shape index (κ3) is 14.0. The average Bonchev–Trinajstić information content (AvgIpc) is 2.66. The lowest BCUT2D eigenvalue weighted by atomic mass is 10.3. The third-order valence-corrected chi connectivity index (χ3v) is 4.52. The van der Waals surface area contributed by atoms with Crippen LogP contribution in [0.2, 0.25) is 0 Å². The minimum atomic E-state index is -3.94. The van der Waals surface area contributed by atoms with Gasteiger partial charge in [0.25, 0.3) is 0 Å². The molecule has 0 saturated heterocycles. The van der Waals surface area contributed by atoms with Gasteiger partial charge in [-0.2, -0.15) is 25.3 Å². The first-order valence-electron chi connectivity index (χ1n) is 8.29. The van der Waals surface area contributed by atoms with E-state index in [0.717, 1.165) is 0 Å². The van der Waals surface area contributed by atoms with E-state index in [9.17, 15) is 16.8 Å². The summed E-state index contributed by atoms with van der Waals surface area (Å²) in [5.41, 5.74) is 11.9. The molecule has 0 saturated carbocycles. The molecule has 0 aliphatic heterocycles. The number of anilines is 2. The van der Waals surface area contributed by atoms with Crippen LogP contribution in [0.15, 0.2) is 48.5 Å². The maximum atomic E-state index is 11.0. The monoisotopic (exact) mass is 498 g/mol. The lowest BCUT2D eigenvalue weighted by molar-refractivity contribution is 0.286. The van der Waals surface area contributed by atoms with E-state index in [1.54, 1.807) is 13.8 Å². The Morgan fingerprint density at radius 3 is 1.16 bits per heavy atom. The Morgan fingerprint density at radius 1 is 0.677 bits per heavy atom. The van der Waals surface area contributed by atoms with Crippen LogP contribution in [-0.4, -0.2) is 38.5 Å². The Bertz CT molecular complexity index is 939. The molecule has 4 N–H and O–H groups in total. The summed E-state index contributed by atoms with van der Waals surface area (Å²) < 4.78 is 78.6. The number of nitrogens with two attached hydrogens (primary N) is 2. The van der Waals surface area contributed by atoms with Crippen molar-refractivity contribution in [2.45, 2.75) is 13.8 Å². The van der Waals surface area contributed by atoms with Crippen molar-refractivity contribution >= 4 is 43.7 Å². The highest BCUT2D eigenvalue weighted by atomic mass is 32.3. The van der Waals surface area contributed by atoms with Gasteiger partial charge in [-0.3, -0.25) is 0 Å². The van der Waals surface area contributed by atoms with E-state index in [0.29, 0.717) is 11.4 Å². The smallest absolute Gasteiger partial charge is 0.399 e. The lowest BCUT2D eigenvalue weighted by Gasteiger charge is -2.05. The van der Waals surface area contributed by atoms with E-state index >= 15 is 0 Å². The van der Waals surface area contributed by atoms with Crippen molar-refractivity contribution in [1.82, 2.24) is 0 Å². The van der Waals surface area contributed by atoms with E-state index in [1.165, 1.54) is 48.5 Å². The molecule has 174 valence electrons. The van der Waals surface area contributed by atoms with Crippen molar-refractivity contribution in [1.29, 1.82) is 0 Å². The van der Waals surface area contributed by atoms with E-state index in [1.807, 2.05) is 0 Å². The van der Waals surface area contributed by atoms with Gasteiger partial charge < -0.3 is 19.8 Å². The van der Waals surface area contributed by atoms with Crippen LogP contribution in [0.3, 0.4) is 0 Å². The van der Waals surface area contributed by atoms with Gasteiger partial charge in [0.15, 0.2) is 0 Å². The molecule has 31 heavy (non-hydrogen) atoms. The van der Waals surface area contributed by atoms with Gasteiger partial charge in [0, 0.05) is 11.4 Å². The third-order valence-electron chi connectivity index (χ3n) is 2.68. The fourth-order valence-electron chi connectivity index (χ4n) is 1.62. The first-order chi connectivity index (χ1) is 14.5. The number of hydrogen-bond donors (Lipinski definition) is 2. The molecule has 0 radical (unpaired) electrons. The van der Waals surface area contributed by atoms with Crippen LogP contribution >= 0.6 is 0 Å². The van der Waals surface area contributed by atoms with Crippen molar-refractivity contribution in [3.63, 3.8) is 0 Å². The van der Waals surface area contributed by atoms with E-state index < -0.39 is 32.4 Å². The molecule has 0 amide bonds. The van der Waals surface area contributed by atoms with Crippen LogP contribution in [0.1, 0.15) is 13.8 Å². The molecule has 0 unspecified atom stereocenters. The van der Waals surface area contributed by atoms with Gasteiger partial charge in [0.05, 0.1) is 13.2 Å². The second-order valence-electron chi connectivity index (χ2n) is 5.00. The standard InChI is InChI=1S/2C8H11NO4S.O2S/c2*1-2-12-14(10,11)13-8-5-3-7(9)4-6-8;1-3-2/h2*3-6H,2,9H2,1H3;. The zero-order chi connectivity index (χ0) is 23.9. The molecule has 0 atom stereocenters. The summed E-state index contributed by atoms with van der Waals surface area (Å²) >= 11 is -0.750. The lowest BCUT2D eigenvalue weighted by Crippen LogP contribution is -2.12. The van der Waals surface area contributed by atoms with Crippen molar-refractivity contribution in [3.05, 3.63) is 48.5 Å². The molecule has 2 rings (SSSR count). The fraction of sp³-hybridized carbons (Fsp3) is 0.250. The minimum Gasteiger partial charge on any atom is -0.399 e. The van der Waals surface area contributed by atoms with Crippen molar-refractivity contribution in [2.24, 2.45) is 0 Å². The molecule has 0 spiro atoms. The normalized spacial score (nSPS) is 10.5. The molecule has 0 aliphatic carbocycles. The molecule has 0 fully saturated rings. The van der Waals surface area contributed by atoms with Crippen LogP contribution in [0, 0.1) is 0 Å². The molecule has 0 heterocycles. The van der Waals surface area contributed by atoms with Crippen LogP contribution < -0.4 is 19.8 Å². The summed E-state index contributed by atoms with van der Waals surface area (Å²) in [6.07, 6.45) is 0. The maximum absolute atomic E-state index is 11.0. The van der Waals surface area contributed by atoms with Crippen LogP contribution in [0.4, 0.5) is 11.4 Å². The molecule has 0 bridgehead atoms. The van der Waals surface area contributed by atoms with Gasteiger partial charge in [0.1, 0.15) is 11.5 Å².